The summed E-state index contributed by atoms with van der Waals surface area (Å²) < 4.78 is 0. The number of aromatic nitrogens is 2. The topological polar surface area (TPSA) is 90.7 Å². The van der Waals surface area contributed by atoms with Crippen molar-refractivity contribution in [3.8, 4) is 6.07 Å². The number of carbonyl (C=O) groups excluding carboxylic acids is 1. The maximum Gasteiger partial charge on any atom is 0.228 e. The van der Waals surface area contributed by atoms with Crippen LogP contribution in [0.5, 0.6) is 0 Å². The summed E-state index contributed by atoms with van der Waals surface area (Å²) in [5.74, 6) is 0.480. The number of aryl methyl sites for hydroxylation is 1. The second-order valence-electron chi connectivity index (χ2n) is 5.24. The van der Waals surface area contributed by atoms with Gasteiger partial charge in [-0.25, -0.2) is 9.97 Å². The number of hydrogen-bond acceptors (Lipinski definition) is 5. The molecule has 1 unspecified atom stereocenters. The lowest BCUT2D eigenvalue weighted by atomic mass is 10.0. The van der Waals surface area contributed by atoms with Gasteiger partial charge in [-0.05, 0) is 37.1 Å². The Balaban J connectivity index is 1.83. The molecule has 2 N–H and O–H groups in total. The molecule has 1 aliphatic heterocycles. The zero-order valence-electron chi connectivity index (χ0n) is 12.1. The van der Waals surface area contributed by atoms with Crippen molar-refractivity contribution in [2.75, 3.05) is 5.32 Å². The third kappa shape index (κ3) is 3.04. The van der Waals surface area contributed by atoms with Gasteiger partial charge in [0.1, 0.15) is 11.8 Å². The number of nitrogens with zero attached hydrogens (tertiary/aromatic N) is 3. The molecule has 2 aromatic rings. The fourth-order valence-corrected chi connectivity index (χ4v) is 2.51. The lowest BCUT2D eigenvalue weighted by Gasteiger charge is -2.12. The van der Waals surface area contributed by atoms with Gasteiger partial charge in [-0.15, -0.1) is 0 Å². The molecule has 1 atom stereocenters. The summed E-state index contributed by atoms with van der Waals surface area (Å²) in [4.78, 5) is 19.7. The van der Waals surface area contributed by atoms with Gasteiger partial charge in [0.25, 0.3) is 0 Å². The number of hydrogen-bond donors (Lipinski definition) is 2. The van der Waals surface area contributed by atoms with Gasteiger partial charge in [-0.3, -0.25) is 4.79 Å². The van der Waals surface area contributed by atoms with Crippen LogP contribution in [-0.2, 0) is 4.79 Å². The van der Waals surface area contributed by atoms with Gasteiger partial charge < -0.3 is 10.6 Å². The summed E-state index contributed by atoms with van der Waals surface area (Å²) in [6.45, 7) is 1.82. The fraction of sp³-hybridized carbons (Fsp3) is 0.250. The first-order chi connectivity index (χ1) is 10.6. The van der Waals surface area contributed by atoms with Crippen LogP contribution in [0.4, 0.5) is 11.6 Å². The minimum absolute atomic E-state index is 0.0577. The molecule has 0 aliphatic carbocycles. The Bertz CT molecular complexity index is 765. The van der Waals surface area contributed by atoms with E-state index in [-0.39, 0.29) is 11.9 Å². The van der Waals surface area contributed by atoms with Crippen molar-refractivity contribution >= 4 is 17.5 Å². The third-order valence-corrected chi connectivity index (χ3v) is 3.51. The summed E-state index contributed by atoms with van der Waals surface area (Å²) in [7, 11) is 0. The molecule has 1 amide bonds. The van der Waals surface area contributed by atoms with Crippen LogP contribution in [0, 0.1) is 18.3 Å². The molecule has 1 saturated heterocycles. The van der Waals surface area contributed by atoms with Gasteiger partial charge >= 0.3 is 0 Å². The summed E-state index contributed by atoms with van der Waals surface area (Å²) in [6.07, 6.45) is 1.37. The van der Waals surface area contributed by atoms with Crippen LogP contribution in [-0.4, -0.2) is 15.9 Å². The van der Waals surface area contributed by atoms with Crippen LogP contribution in [0.2, 0.25) is 0 Å². The highest BCUT2D eigenvalue weighted by Crippen LogP contribution is 2.26. The molecule has 6 heteroatoms. The van der Waals surface area contributed by atoms with Crippen molar-refractivity contribution in [2.45, 2.75) is 25.8 Å². The van der Waals surface area contributed by atoms with E-state index in [4.69, 9.17) is 5.26 Å². The largest absolute Gasteiger partial charge is 0.349 e. The van der Waals surface area contributed by atoms with E-state index in [9.17, 15) is 4.79 Å². The van der Waals surface area contributed by atoms with Crippen molar-refractivity contribution in [3.05, 3.63) is 47.3 Å². The average Bonchev–Trinajstić information content (AvgIpc) is 2.93. The molecule has 0 saturated carbocycles. The average molecular weight is 293 g/mol. The van der Waals surface area contributed by atoms with Gasteiger partial charge in [-0.2, -0.15) is 5.26 Å². The summed E-state index contributed by atoms with van der Waals surface area (Å²) in [5.41, 5.74) is 2.93. The number of anilines is 2. The second kappa shape index (κ2) is 5.82. The van der Waals surface area contributed by atoms with E-state index in [1.807, 2.05) is 37.3 Å². The lowest BCUT2D eigenvalue weighted by molar-refractivity contribution is -0.119. The van der Waals surface area contributed by atoms with Crippen molar-refractivity contribution in [2.24, 2.45) is 0 Å². The Morgan fingerprint density at radius 1 is 1.36 bits per heavy atom. The normalized spacial score (nSPS) is 16.9. The first-order valence-electron chi connectivity index (χ1n) is 7.06. The van der Waals surface area contributed by atoms with E-state index in [0.29, 0.717) is 18.1 Å². The van der Waals surface area contributed by atoms with Crippen molar-refractivity contribution in [1.82, 2.24) is 15.3 Å². The first-order valence-corrected chi connectivity index (χ1v) is 7.06. The highest BCUT2D eigenvalue weighted by atomic mass is 16.1. The Labute approximate surface area is 128 Å². The number of nitriles is 1. The molecule has 1 fully saturated rings. The van der Waals surface area contributed by atoms with Crippen molar-refractivity contribution < 1.29 is 4.79 Å². The number of benzene rings is 1. The summed E-state index contributed by atoms with van der Waals surface area (Å²) in [5, 5.41) is 15.0. The van der Waals surface area contributed by atoms with E-state index in [0.717, 1.165) is 23.4 Å². The molecule has 1 aliphatic rings. The van der Waals surface area contributed by atoms with Gasteiger partial charge in [0.2, 0.25) is 11.9 Å². The number of amides is 1. The van der Waals surface area contributed by atoms with Crippen LogP contribution in [0.25, 0.3) is 0 Å². The smallest absolute Gasteiger partial charge is 0.228 e. The molecular formula is C16H15N5O. The first kappa shape index (κ1) is 14.0. The van der Waals surface area contributed by atoms with Crippen molar-refractivity contribution in [3.63, 3.8) is 0 Å². The molecule has 2 heterocycles. The molecular weight excluding hydrogens is 278 g/mol. The Morgan fingerprint density at radius 2 is 2.23 bits per heavy atom. The van der Waals surface area contributed by atoms with Crippen LogP contribution in [0.15, 0.2) is 30.3 Å². The maximum absolute atomic E-state index is 11.3. The monoisotopic (exact) mass is 293 g/mol. The minimum Gasteiger partial charge on any atom is -0.349 e. The zero-order valence-corrected chi connectivity index (χ0v) is 12.1. The Morgan fingerprint density at radius 3 is 2.95 bits per heavy atom. The van der Waals surface area contributed by atoms with E-state index in [1.165, 1.54) is 0 Å². The van der Waals surface area contributed by atoms with Crippen LogP contribution >= 0.6 is 0 Å². The maximum atomic E-state index is 11.3. The quantitative estimate of drug-likeness (QED) is 0.906. The third-order valence-electron chi connectivity index (χ3n) is 3.51. The van der Waals surface area contributed by atoms with Crippen molar-refractivity contribution in [1.29, 1.82) is 5.26 Å². The van der Waals surface area contributed by atoms with Crippen LogP contribution in [0.1, 0.15) is 35.8 Å². The van der Waals surface area contributed by atoms with Gasteiger partial charge in [-0.1, -0.05) is 12.1 Å². The van der Waals surface area contributed by atoms with E-state index >= 15 is 0 Å². The standard InChI is InChI=1S/C16H15N5O/c1-10-7-13(9-17)20-16(18-10)19-12-4-2-3-11(8-12)14-5-6-15(22)21-14/h2-4,7-8,14H,5-6H2,1H3,(H,21,22)(H,18,19,20). The van der Waals surface area contributed by atoms with Crippen LogP contribution in [0.3, 0.4) is 0 Å². The Hall–Kier alpha value is -2.94. The van der Waals surface area contributed by atoms with Gasteiger partial charge in [0, 0.05) is 17.8 Å². The highest BCUT2D eigenvalue weighted by molar-refractivity contribution is 5.78. The molecule has 0 spiro atoms. The molecule has 6 nitrogen and oxygen atoms in total. The molecule has 3 rings (SSSR count). The number of nitrogens with one attached hydrogen (secondary N) is 2. The SMILES string of the molecule is Cc1cc(C#N)nc(Nc2cccc(C3CCC(=O)N3)c2)n1. The number of rotatable bonds is 3. The zero-order chi connectivity index (χ0) is 15.5. The minimum atomic E-state index is 0.0577. The van der Waals surface area contributed by atoms with E-state index in [1.54, 1.807) is 6.07 Å². The lowest BCUT2D eigenvalue weighted by Crippen LogP contribution is -2.18. The summed E-state index contributed by atoms with van der Waals surface area (Å²) in [6, 6.07) is 11.5. The van der Waals surface area contributed by atoms with E-state index in [2.05, 4.69) is 20.6 Å². The second-order valence-corrected chi connectivity index (χ2v) is 5.24. The molecule has 1 aromatic heterocycles. The molecule has 22 heavy (non-hydrogen) atoms. The predicted octanol–water partition coefficient (Wildman–Crippen LogP) is 2.35. The fourth-order valence-electron chi connectivity index (χ4n) is 2.51. The predicted molar refractivity (Wildman–Crippen MR) is 81.3 cm³/mol. The van der Waals surface area contributed by atoms with Gasteiger partial charge in [0.05, 0.1) is 6.04 Å². The molecule has 1 aromatic carbocycles. The Kier molecular flexibility index (Phi) is 3.71. The van der Waals surface area contributed by atoms with Gasteiger partial charge in [0.15, 0.2) is 0 Å². The van der Waals surface area contributed by atoms with Crippen LogP contribution < -0.4 is 10.6 Å². The molecule has 110 valence electrons. The van der Waals surface area contributed by atoms with E-state index < -0.39 is 0 Å². The summed E-state index contributed by atoms with van der Waals surface area (Å²) >= 11 is 0. The molecule has 0 radical (unpaired) electrons. The number of carbonyl (C=O) groups is 1. The highest BCUT2D eigenvalue weighted by Gasteiger charge is 2.22. The molecule has 0 bridgehead atoms.